The van der Waals surface area contributed by atoms with E-state index in [4.69, 9.17) is 4.74 Å². The number of fused-ring (bicyclic) bond motifs is 3. The number of carbonyl (C=O) groups is 2. The maximum absolute atomic E-state index is 14.3. The van der Waals surface area contributed by atoms with Crippen LogP contribution in [-0.4, -0.2) is 29.4 Å². The Hall–Kier alpha value is -3.52. The fourth-order valence-electron chi connectivity index (χ4n) is 4.83. The predicted octanol–water partition coefficient (Wildman–Crippen LogP) is 5.31. The molecule has 0 aliphatic heterocycles. The number of nitrogens with zero attached hydrogens (tertiary/aromatic N) is 1. The van der Waals surface area contributed by atoms with Gasteiger partial charge in [-0.15, -0.1) is 11.3 Å². The zero-order chi connectivity index (χ0) is 24.5. The number of methoxy groups -OCH3 is 1. The Morgan fingerprint density at radius 3 is 2.57 bits per heavy atom. The van der Waals surface area contributed by atoms with Crippen LogP contribution in [0, 0.1) is 5.82 Å². The molecule has 1 saturated carbocycles. The Labute approximate surface area is 205 Å². The minimum Gasteiger partial charge on any atom is -0.494 e. The van der Waals surface area contributed by atoms with Crippen molar-refractivity contribution in [3.8, 4) is 5.75 Å². The second-order valence-corrected chi connectivity index (χ2v) is 9.84. The highest BCUT2D eigenvalue weighted by Crippen LogP contribution is 2.40. The highest BCUT2D eigenvalue weighted by atomic mass is 32.1. The van der Waals surface area contributed by atoms with Crippen LogP contribution in [0.25, 0.3) is 21.0 Å². The van der Waals surface area contributed by atoms with Crippen molar-refractivity contribution in [1.82, 2.24) is 9.88 Å². The minimum absolute atomic E-state index is 0.0838. The highest BCUT2D eigenvalue weighted by Gasteiger charge is 2.27. The standard InChI is InChI=1S/C27H25FN2O4S/c1-34-23-22-24(35-25(23)26(32)29-18-10-6-3-7-11-18)19-14-17(28)12-13-20(19)30(27(22)33)15-21(31)16-8-4-2-5-9-16/h2,4-5,8-9,12-14,18H,3,6-7,10-11,15H2,1H3,(H,29,32). The number of rotatable bonds is 6. The highest BCUT2D eigenvalue weighted by molar-refractivity contribution is 7.22. The average molecular weight is 493 g/mol. The van der Waals surface area contributed by atoms with Crippen molar-refractivity contribution in [2.24, 2.45) is 0 Å². The molecule has 1 fully saturated rings. The molecular formula is C27H25FN2O4S. The molecule has 8 heteroatoms. The summed E-state index contributed by atoms with van der Waals surface area (Å²) in [6.45, 7) is -0.219. The molecule has 0 atom stereocenters. The molecule has 0 saturated heterocycles. The average Bonchev–Trinajstić information content (AvgIpc) is 3.28. The summed E-state index contributed by atoms with van der Waals surface area (Å²) < 4.78 is 21.7. The van der Waals surface area contributed by atoms with Gasteiger partial charge >= 0.3 is 0 Å². The molecule has 2 aromatic heterocycles. The Morgan fingerprint density at radius 1 is 1.11 bits per heavy atom. The Morgan fingerprint density at radius 2 is 1.86 bits per heavy atom. The van der Waals surface area contributed by atoms with Crippen LogP contribution >= 0.6 is 11.3 Å². The van der Waals surface area contributed by atoms with Gasteiger partial charge < -0.3 is 10.1 Å². The summed E-state index contributed by atoms with van der Waals surface area (Å²) in [7, 11) is 1.41. The van der Waals surface area contributed by atoms with Gasteiger partial charge in [0.05, 0.1) is 23.9 Å². The SMILES string of the molecule is COc1c(C(=O)NC2CCCCC2)sc2c1c(=O)n(CC(=O)c1ccccc1)c1ccc(F)cc21. The van der Waals surface area contributed by atoms with Gasteiger partial charge in [-0.3, -0.25) is 19.0 Å². The fraction of sp³-hybridized carbons (Fsp3) is 0.296. The van der Waals surface area contributed by atoms with E-state index in [1.54, 1.807) is 24.3 Å². The first kappa shape index (κ1) is 23.2. The number of pyridine rings is 1. The summed E-state index contributed by atoms with van der Waals surface area (Å²) in [5, 5.41) is 3.72. The number of aromatic nitrogens is 1. The number of carbonyl (C=O) groups excluding carboxylic acids is 2. The topological polar surface area (TPSA) is 77.4 Å². The maximum atomic E-state index is 14.3. The van der Waals surface area contributed by atoms with Gasteiger partial charge in [-0.2, -0.15) is 0 Å². The van der Waals surface area contributed by atoms with Gasteiger partial charge in [0.1, 0.15) is 16.1 Å². The minimum atomic E-state index is -0.473. The van der Waals surface area contributed by atoms with Crippen LogP contribution in [0.1, 0.15) is 52.1 Å². The molecule has 2 heterocycles. The van der Waals surface area contributed by atoms with Crippen LogP contribution in [0.3, 0.4) is 0 Å². The summed E-state index contributed by atoms with van der Waals surface area (Å²) in [5.74, 6) is -0.859. The molecule has 1 N–H and O–H groups in total. The Bertz CT molecular complexity index is 1490. The maximum Gasteiger partial charge on any atom is 0.265 e. The number of hydrogen-bond donors (Lipinski definition) is 1. The van der Waals surface area contributed by atoms with Gasteiger partial charge in [0.25, 0.3) is 11.5 Å². The number of ether oxygens (including phenoxy) is 1. The lowest BCUT2D eigenvalue weighted by Crippen LogP contribution is -2.35. The number of Topliss-reactive ketones (excluding diaryl/α,β-unsaturated/α-hetero) is 1. The molecule has 180 valence electrons. The van der Waals surface area contributed by atoms with Crippen LogP contribution in [0.15, 0.2) is 53.3 Å². The van der Waals surface area contributed by atoms with E-state index in [9.17, 15) is 18.8 Å². The van der Waals surface area contributed by atoms with Crippen molar-refractivity contribution >= 4 is 44.0 Å². The van der Waals surface area contributed by atoms with E-state index in [0.717, 1.165) is 43.4 Å². The third-order valence-electron chi connectivity index (χ3n) is 6.57. The molecule has 35 heavy (non-hydrogen) atoms. The summed E-state index contributed by atoms with van der Waals surface area (Å²) in [6, 6.07) is 12.9. The van der Waals surface area contributed by atoms with E-state index >= 15 is 0 Å². The van der Waals surface area contributed by atoms with Gasteiger partial charge in [0, 0.05) is 17.0 Å². The number of nitrogens with one attached hydrogen (secondary N) is 1. The Kier molecular flexibility index (Phi) is 6.38. The number of thiophene rings is 1. The normalized spacial score (nSPS) is 14.3. The lowest BCUT2D eigenvalue weighted by Gasteiger charge is -2.22. The second kappa shape index (κ2) is 9.62. The smallest absolute Gasteiger partial charge is 0.265 e. The molecule has 0 radical (unpaired) electrons. The van der Waals surface area contributed by atoms with E-state index in [-0.39, 0.29) is 40.3 Å². The summed E-state index contributed by atoms with van der Waals surface area (Å²) in [4.78, 5) is 40.2. The van der Waals surface area contributed by atoms with Crippen LogP contribution in [0.4, 0.5) is 4.39 Å². The number of ketones is 1. The molecule has 2 aromatic carbocycles. The van der Waals surface area contributed by atoms with Crippen LogP contribution < -0.4 is 15.6 Å². The lowest BCUT2D eigenvalue weighted by atomic mass is 9.95. The van der Waals surface area contributed by atoms with Crippen molar-refractivity contribution in [1.29, 1.82) is 0 Å². The molecule has 0 unspecified atom stereocenters. The molecule has 1 aliphatic carbocycles. The van der Waals surface area contributed by atoms with Gasteiger partial charge in [-0.25, -0.2) is 4.39 Å². The second-order valence-electron chi connectivity index (χ2n) is 8.82. The zero-order valence-electron chi connectivity index (χ0n) is 19.3. The van der Waals surface area contributed by atoms with Crippen molar-refractivity contribution in [2.45, 2.75) is 44.7 Å². The summed E-state index contributed by atoms with van der Waals surface area (Å²) in [6.07, 6.45) is 5.14. The van der Waals surface area contributed by atoms with Gasteiger partial charge in [-0.05, 0) is 31.0 Å². The first-order valence-corrected chi connectivity index (χ1v) is 12.5. The monoisotopic (exact) mass is 492 g/mol. The molecule has 5 rings (SSSR count). The molecular weight excluding hydrogens is 467 g/mol. The van der Waals surface area contributed by atoms with E-state index in [2.05, 4.69) is 5.32 Å². The van der Waals surface area contributed by atoms with Crippen LogP contribution in [0.5, 0.6) is 5.75 Å². The molecule has 1 aliphatic rings. The number of halogens is 1. The molecule has 0 spiro atoms. The molecule has 1 amide bonds. The van der Waals surface area contributed by atoms with E-state index in [1.165, 1.54) is 29.9 Å². The lowest BCUT2D eigenvalue weighted by molar-refractivity contribution is 0.0927. The van der Waals surface area contributed by atoms with Gasteiger partial charge in [0.15, 0.2) is 11.5 Å². The van der Waals surface area contributed by atoms with Crippen LogP contribution in [0.2, 0.25) is 0 Å². The number of benzene rings is 2. The molecule has 4 aromatic rings. The molecule has 6 nitrogen and oxygen atoms in total. The third kappa shape index (κ3) is 4.34. The zero-order valence-corrected chi connectivity index (χ0v) is 20.1. The Balaban J connectivity index is 1.67. The summed E-state index contributed by atoms with van der Waals surface area (Å²) >= 11 is 1.12. The van der Waals surface area contributed by atoms with E-state index < -0.39 is 11.4 Å². The van der Waals surface area contributed by atoms with E-state index in [1.807, 2.05) is 6.07 Å². The third-order valence-corrected chi connectivity index (χ3v) is 7.77. The number of amides is 1. The predicted molar refractivity (Wildman–Crippen MR) is 135 cm³/mol. The fourth-order valence-corrected chi connectivity index (χ4v) is 6.02. The van der Waals surface area contributed by atoms with Crippen LogP contribution in [-0.2, 0) is 6.54 Å². The largest absolute Gasteiger partial charge is 0.494 e. The van der Waals surface area contributed by atoms with Gasteiger partial charge in [-0.1, -0.05) is 49.6 Å². The van der Waals surface area contributed by atoms with Crippen molar-refractivity contribution in [3.05, 3.63) is 75.1 Å². The number of hydrogen-bond acceptors (Lipinski definition) is 5. The van der Waals surface area contributed by atoms with Crippen molar-refractivity contribution in [2.75, 3.05) is 7.11 Å². The van der Waals surface area contributed by atoms with Crippen molar-refractivity contribution in [3.63, 3.8) is 0 Å². The quantitative estimate of drug-likeness (QED) is 0.370. The first-order valence-electron chi connectivity index (χ1n) is 11.7. The molecule has 0 bridgehead atoms. The van der Waals surface area contributed by atoms with Crippen molar-refractivity contribution < 1.29 is 18.7 Å². The summed E-state index contributed by atoms with van der Waals surface area (Å²) in [5.41, 5.74) is 0.448. The van der Waals surface area contributed by atoms with Gasteiger partial charge in [0.2, 0.25) is 0 Å². The first-order chi connectivity index (χ1) is 17.0. The van der Waals surface area contributed by atoms with E-state index in [0.29, 0.717) is 21.2 Å².